The molecule has 0 aliphatic carbocycles. The van der Waals surface area contributed by atoms with E-state index in [0.717, 1.165) is 0 Å². The van der Waals surface area contributed by atoms with Gasteiger partial charge in [0.1, 0.15) is 6.04 Å². The summed E-state index contributed by atoms with van der Waals surface area (Å²) in [6.45, 7) is 0.153. The summed E-state index contributed by atoms with van der Waals surface area (Å²) in [5.41, 5.74) is 6.17. The van der Waals surface area contributed by atoms with Crippen LogP contribution in [0.25, 0.3) is 0 Å². The highest BCUT2D eigenvalue weighted by Crippen LogP contribution is 2.40. The van der Waals surface area contributed by atoms with Crippen molar-refractivity contribution in [3.63, 3.8) is 0 Å². The Morgan fingerprint density at radius 2 is 2.29 bits per heavy atom. The lowest BCUT2D eigenvalue weighted by Gasteiger charge is -2.05. The summed E-state index contributed by atoms with van der Waals surface area (Å²) in [7, 11) is 0. The summed E-state index contributed by atoms with van der Waals surface area (Å²) >= 11 is 5.91. The molecular weight excluding hydrogens is 204 g/mol. The third-order valence-corrected chi connectivity index (χ3v) is 2.23. The molecule has 1 aliphatic rings. The number of halogens is 1. The van der Waals surface area contributed by atoms with E-state index in [1.165, 1.54) is 0 Å². The molecule has 0 saturated heterocycles. The smallest absolute Gasteiger partial charge is 0.231 e. The molecule has 1 aliphatic heterocycles. The number of nitriles is 1. The van der Waals surface area contributed by atoms with Crippen LogP contribution in [0.5, 0.6) is 11.5 Å². The number of hydrogen-bond donors (Lipinski definition) is 1. The minimum Gasteiger partial charge on any atom is -0.454 e. The molecule has 1 unspecified atom stereocenters. The minimum absolute atomic E-state index is 0.153. The van der Waals surface area contributed by atoms with Crippen LogP contribution in [0, 0.1) is 11.3 Å². The molecular formula is C9H7ClN2O2. The van der Waals surface area contributed by atoms with Gasteiger partial charge < -0.3 is 15.2 Å². The molecule has 4 nitrogen and oxygen atoms in total. The van der Waals surface area contributed by atoms with Crippen LogP contribution in [0.1, 0.15) is 11.6 Å². The number of fused-ring (bicyclic) bond motifs is 1. The van der Waals surface area contributed by atoms with Gasteiger partial charge in [-0.2, -0.15) is 5.26 Å². The van der Waals surface area contributed by atoms with Crippen LogP contribution in [0.2, 0.25) is 5.02 Å². The third kappa shape index (κ3) is 1.37. The number of hydrogen-bond acceptors (Lipinski definition) is 4. The minimum atomic E-state index is -0.693. The topological polar surface area (TPSA) is 68.3 Å². The zero-order chi connectivity index (χ0) is 10.1. The van der Waals surface area contributed by atoms with E-state index in [1.54, 1.807) is 12.1 Å². The largest absolute Gasteiger partial charge is 0.454 e. The van der Waals surface area contributed by atoms with E-state index >= 15 is 0 Å². The van der Waals surface area contributed by atoms with E-state index in [-0.39, 0.29) is 6.79 Å². The molecule has 72 valence electrons. The summed E-state index contributed by atoms with van der Waals surface area (Å²) in [5.74, 6) is 1.05. The summed E-state index contributed by atoms with van der Waals surface area (Å²) < 4.78 is 10.3. The number of ether oxygens (including phenoxy) is 2. The van der Waals surface area contributed by atoms with Crippen LogP contribution in [0.3, 0.4) is 0 Å². The normalized spacial score (nSPS) is 14.9. The van der Waals surface area contributed by atoms with Crippen LogP contribution >= 0.6 is 11.6 Å². The van der Waals surface area contributed by atoms with Gasteiger partial charge in [-0.05, 0) is 17.7 Å². The SMILES string of the molecule is N#CC(N)c1cc(Cl)c2c(c1)OCO2. The zero-order valence-electron chi connectivity index (χ0n) is 7.16. The highest BCUT2D eigenvalue weighted by atomic mass is 35.5. The molecule has 2 rings (SSSR count). The van der Waals surface area contributed by atoms with Crippen LogP contribution in [0.15, 0.2) is 12.1 Å². The van der Waals surface area contributed by atoms with Gasteiger partial charge in [-0.15, -0.1) is 0 Å². The maximum absolute atomic E-state index is 8.64. The van der Waals surface area contributed by atoms with E-state index in [2.05, 4.69) is 0 Å². The Labute approximate surface area is 85.8 Å². The fraction of sp³-hybridized carbons (Fsp3) is 0.222. The maximum atomic E-state index is 8.64. The monoisotopic (exact) mass is 210 g/mol. The first-order valence-corrected chi connectivity index (χ1v) is 4.34. The predicted molar refractivity (Wildman–Crippen MR) is 50.1 cm³/mol. The summed E-state index contributed by atoms with van der Waals surface area (Å²) in [4.78, 5) is 0. The fourth-order valence-electron chi connectivity index (χ4n) is 1.24. The number of rotatable bonds is 1. The lowest BCUT2D eigenvalue weighted by Crippen LogP contribution is -2.06. The summed E-state index contributed by atoms with van der Waals surface area (Å²) in [6.07, 6.45) is 0. The first-order chi connectivity index (χ1) is 6.72. The molecule has 1 heterocycles. The van der Waals surface area contributed by atoms with Gasteiger partial charge >= 0.3 is 0 Å². The molecule has 14 heavy (non-hydrogen) atoms. The van der Waals surface area contributed by atoms with Gasteiger partial charge in [0.05, 0.1) is 11.1 Å². The van der Waals surface area contributed by atoms with Crippen molar-refractivity contribution in [1.29, 1.82) is 5.26 Å². The number of nitrogens with zero attached hydrogens (tertiary/aromatic N) is 1. The Morgan fingerprint density at radius 3 is 3.00 bits per heavy atom. The molecule has 0 spiro atoms. The first kappa shape index (κ1) is 9.13. The molecule has 2 N–H and O–H groups in total. The molecule has 5 heteroatoms. The Bertz CT molecular complexity index is 414. The predicted octanol–water partition coefficient (Wildman–Crippen LogP) is 1.59. The van der Waals surface area contributed by atoms with E-state index in [1.807, 2.05) is 6.07 Å². The second kappa shape index (κ2) is 3.37. The summed E-state index contributed by atoms with van der Waals surface area (Å²) in [6, 6.07) is 4.51. The van der Waals surface area contributed by atoms with Crippen LogP contribution in [0.4, 0.5) is 0 Å². The first-order valence-electron chi connectivity index (χ1n) is 3.96. The van der Waals surface area contributed by atoms with Crippen molar-refractivity contribution in [2.45, 2.75) is 6.04 Å². The standard InChI is InChI=1S/C9H7ClN2O2/c10-6-1-5(7(12)3-11)2-8-9(6)14-4-13-8/h1-2,7H,4,12H2. The molecule has 0 bridgehead atoms. The van der Waals surface area contributed by atoms with Gasteiger partial charge in [0, 0.05) is 0 Å². The van der Waals surface area contributed by atoms with Crippen LogP contribution in [-0.2, 0) is 0 Å². The Morgan fingerprint density at radius 1 is 1.50 bits per heavy atom. The van der Waals surface area contributed by atoms with Gasteiger partial charge in [-0.25, -0.2) is 0 Å². The summed E-state index contributed by atoms with van der Waals surface area (Å²) in [5, 5.41) is 9.05. The van der Waals surface area contributed by atoms with Crippen molar-refractivity contribution in [2.24, 2.45) is 5.73 Å². The van der Waals surface area contributed by atoms with Gasteiger partial charge in [0.25, 0.3) is 0 Å². The van der Waals surface area contributed by atoms with Gasteiger partial charge in [0.2, 0.25) is 6.79 Å². The molecule has 0 radical (unpaired) electrons. The van der Waals surface area contributed by atoms with Gasteiger partial charge in [-0.3, -0.25) is 0 Å². The van der Waals surface area contributed by atoms with Gasteiger partial charge in [0.15, 0.2) is 11.5 Å². The molecule has 1 aromatic rings. The maximum Gasteiger partial charge on any atom is 0.231 e. The van der Waals surface area contributed by atoms with Crippen molar-refractivity contribution in [3.8, 4) is 17.6 Å². The number of nitrogens with two attached hydrogens (primary N) is 1. The molecule has 0 fully saturated rings. The average molecular weight is 211 g/mol. The van der Waals surface area contributed by atoms with Gasteiger partial charge in [-0.1, -0.05) is 11.6 Å². The lowest BCUT2D eigenvalue weighted by molar-refractivity contribution is 0.174. The Kier molecular flexibility index (Phi) is 2.20. The molecule has 0 saturated carbocycles. The van der Waals surface area contributed by atoms with Crippen LogP contribution in [-0.4, -0.2) is 6.79 Å². The van der Waals surface area contributed by atoms with E-state index < -0.39 is 6.04 Å². The second-order valence-electron chi connectivity index (χ2n) is 2.84. The van der Waals surface area contributed by atoms with Crippen LogP contribution < -0.4 is 15.2 Å². The van der Waals surface area contributed by atoms with Crippen molar-refractivity contribution in [3.05, 3.63) is 22.7 Å². The molecule has 0 amide bonds. The highest BCUT2D eigenvalue weighted by molar-refractivity contribution is 6.32. The lowest BCUT2D eigenvalue weighted by atomic mass is 10.1. The number of benzene rings is 1. The fourth-order valence-corrected chi connectivity index (χ4v) is 1.52. The third-order valence-electron chi connectivity index (χ3n) is 1.95. The van der Waals surface area contributed by atoms with E-state index in [9.17, 15) is 0 Å². The second-order valence-corrected chi connectivity index (χ2v) is 3.25. The highest BCUT2D eigenvalue weighted by Gasteiger charge is 2.19. The van der Waals surface area contributed by atoms with Crippen molar-refractivity contribution >= 4 is 11.6 Å². The van der Waals surface area contributed by atoms with Crippen molar-refractivity contribution < 1.29 is 9.47 Å². The quantitative estimate of drug-likeness (QED) is 0.764. The van der Waals surface area contributed by atoms with E-state index in [0.29, 0.717) is 22.1 Å². The zero-order valence-corrected chi connectivity index (χ0v) is 7.91. The Hall–Kier alpha value is -1.44. The van der Waals surface area contributed by atoms with Crippen molar-refractivity contribution in [2.75, 3.05) is 6.79 Å². The van der Waals surface area contributed by atoms with Crippen molar-refractivity contribution in [1.82, 2.24) is 0 Å². The van der Waals surface area contributed by atoms with E-state index in [4.69, 9.17) is 32.1 Å². The average Bonchev–Trinajstić information content (AvgIpc) is 2.64. The molecule has 0 aromatic heterocycles. The Balaban J connectivity index is 2.48. The molecule has 1 aromatic carbocycles. The molecule has 1 atom stereocenters.